The van der Waals surface area contributed by atoms with E-state index in [0.29, 0.717) is 11.1 Å². The lowest BCUT2D eigenvalue weighted by molar-refractivity contribution is 0.101. The van der Waals surface area contributed by atoms with E-state index in [-0.39, 0.29) is 19.0 Å². The summed E-state index contributed by atoms with van der Waals surface area (Å²) in [4.78, 5) is 21.8. The van der Waals surface area contributed by atoms with Crippen LogP contribution in [0.5, 0.6) is 0 Å². The molecule has 0 heterocycles. The Balaban J connectivity index is 0.00000144. The first-order chi connectivity index (χ1) is 5.61. The van der Waals surface area contributed by atoms with E-state index < -0.39 is 0 Å². The highest BCUT2D eigenvalue weighted by Crippen LogP contribution is 2.06. The van der Waals surface area contributed by atoms with Gasteiger partial charge in [-0.25, -0.2) is 0 Å². The standard InChI is InChI=1S/C10H10O2.CH4/c1-7(11)9-4-3-5-10(6-9)8(2)12;/h3-6H,1-2H3;1H4. The summed E-state index contributed by atoms with van der Waals surface area (Å²) >= 11 is 0. The minimum Gasteiger partial charge on any atom is -0.295 e. The normalized spacial score (nSPS) is 8.77. The van der Waals surface area contributed by atoms with E-state index in [9.17, 15) is 9.59 Å². The molecular formula is C11H14O2. The first-order valence-corrected chi connectivity index (χ1v) is 3.73. The molecule has 0 atom stereocenters. The molecule has 0 N–H and O–H groups in total. The Kier molecular flexibility index (Phi) is 4.05. The number of hydrogen-bond acceptors (Lipinski definition) is 2. The molecule has 0 saturated carbocycles. The maximum absolute atomic E-state index is 10.9. The largest absolute Gasteiger partial charge is 0.295 e. The Morgan fingerprint density at radius 3 is 1.69 bits per heavy atom. The van der Waals surface area contributed by atoms with Crippen molar-refractivity contribution in [1.82, 2.24) is 0 Å². The number of hydrogen-bond donors (Lipinski definition) is 0. The lowest BCUT2D eigenvalue weighted by Gasteiger charge is -1.97. The zero-order valence-electron chi connectivity index (χ0n) is 7.13. The van der Waals surface area contributed by atoms with Crippen molar-refractivity contribution < 1.29 is 9.59 Å². The van der Waals surface area contributed by atoms with Crippen molar-refractivity contribution in [1.29, 1.82) is 0 Å². The molecule has 0 spiro atoms. The Bertz CT molecular complexity index is 297. The maximum atomic E-state index is 10.9. The van der Waals surface area contributed by atoms with Crippen LogP contribution in [-0.4, -0.2) is 11.6 Å². The molecule has 0 aliphatic carbocycles. The summed E-state index contributed by atoms with van der Waals surface area (Å²) in [5.41, 5.74) is 1.17. The SMILES string of the molecule is C.CC(=O)c1cccc(C(C)=O)c1. The average molecular weight is 178 g/mol. The van der Waals surface area contributed by atoms with Gasteiger partial charge in [0.05, 0.1) is 0 Å². The van der Waals surface area contributed by atoms with E-state index in [2.05, 4.69) is 0 Å². The van der Waals surface area contributed by atoms with Crippen molar-refractivity contribution in [2.45, 2.75) is 21.3 Å². The first-order valence-electron chi connectivity index (χ1n) is 3.73. The third-order valence-electron chi connectivity index (χ3n) is 1.68. The number of carbonyl (C=O) groups excluding carboxylic acids is 2. The molecule has 2 heteroatoms. The monoisotopic (exact) mass is 178 g/mol. The summed E-state index contributed by atoms with van der Waals surface area (Å²) in [7, 11) is 0. The number of benzene rings is 1. The van der Waals surface area contributed by atoms with Gasteiger partial charge < -0.3 is 0 Å². The highest BCUT2D eigenvalue weighted by Gasteiger charge is 2.02. The van der Waals surface area contributed by atoms with Gasteiger partial charge in [0.2, 0.25) is 0 Å². The van der Waals surface area contributed by atoms with Gasteiger partial charge in [-0.1, -0.05) is 25.6 Å². The molecule has 0 saturated heterocycles. The van der Waals surface area contributed by atoms with Crippen molar-refractivity contribution in [3.63, 3.8) is 0 Å². The summed E-state index contributed by atoms with van der Waals surface area (Å²) in [5.74, 6) is -0.0313. The van der Waals surface area contributed by atoms with Crippen molar-refractivity contribution >= 4 is 11.6 Å². The molecule has 0 amide bonds. The lowest BCUT2D eigenvalue weighted by atomic mass is 10.1. The molecule has 1 aromatic carbocycles. The maximum Gasteiger partial charge on any atom is 0.159 e. The topological polar surface area (TPSA) is 34.1 Å². The molecule has 0 aliphatic heterocycles. The molecule has 0 radical (unpaired) electrons. The second kappa shape index (κ2) is 4.55. The van der Waals surface area contributed by atoms with Crippen LogP contribution in [0.4, 0.5) is 0 Å². The fraction of sp³-hybridized carbons (Fsp3) is 0.273. The molecular weight excluding hydrogens is 164 g/mol. The Morgan fingerprint density at radius 1 is 1.00 bits per heavy atom. The number of carbonyl (C=O) groups is 2. The van der Waals surface area contributed by atoms with Crippen LogP contribution in [0.3, 0.4) is 0 Å². The Morgan fingerprint density at radius 2 is 1.38 bits per heavy atom. The molecule has 0 unspecified atom stereocenters. The Hall–Kier alpha value is -1.44. The zero-order valence-corrected chi connectivity index (χ0v) is 7.13. The quantitative estimate of drug-likeness (QED) is 0.652. The van der Waals surface area contributed by atoms with Gasteiger partial charge in [0, 0.05) is 11.1 Å². The van der Waals surface area contributed by atoms with Gasteiger partial charge in [-0.15, -0.1) is 0 Å². The van der Waals surface area contributed by atoms with E-state index in [1.807, 2.05) is 0 Å². The fourth-order valence-corrected chi connectivity index (χ4v) is 0.957. The van der Waals surface area contributed by atoms with Gasteiger partial charge in [0.15, 0.2) is 11.6 Å². The summed E-state index contributed by atoms with van der Waals surface area (Å²) in [5, 5.41) is 0. The third-order valence-corrected chi connectivity index (χ3v) is 1.68. The van der Waals surface area contributed by atoms with Crippen LogP contribution in [0, 0.1) is 0 Å². The van der Waals surface area contributed by atoms with Crippen LogP contribution in [-0.2, 0) is 0 Å². The van der Waals surface area contributed by atoms with Gasteiger partial charge in [0.1, 0.15) is 0 Å². The first kappa shape index (κ1) is 11.6. The molecule has 0 aromatic heterocycles. The number of Topliss-reactive ketones (excluding diaryl/α,β-unsaturated/α-hetero) is 2. The zero-order chi connectivity index (χ0) is 9.14. The van der Waals surface area contributed by atoms with E-state index in [4.69, 9.17) is 0 Å². The highest BCUT2D eigenvalue weighted by atomic mass is 16.1. The summed E-state index contributed by atoms with van der Waals surface area (Å²) in [6.07, 6.45) is 0. The number of rotatable bonds is 2. The predicted octanol–water partition coefficient (Wildman–Crippen LogP) is 2.73. The van der Waals surface area contributed by atoms with Crippen LogP contribution < -0.4 is 0 Å². The minimum absolute atomic E-state index is 0. The number of ketones is 2. The van der Waals surface area contributed by atoms with E-state index in [0.717, 1.165) is 0 Å². The summed E-state index contributed by atoms with van der Waals surface area (Å²) < 4.78 is 0. The van der Waals surface area contributed by atoms with Gasteiger partial charge in [-0.05, 0) is 19.9 Å². The van der Waals surface area contributed by atoms with E-state index >= 15 is 0 Å². The molecule has 0 bridgehead atoms. The second-order valence-corrected chi connectivity index (χ2v) is 2.69. The minimum atomic E-state index is -0.0156. The van der Waals surface area contributed by atoms with Gasteiger partial charge in [0.25, 0.3) is 0 Å². The molecule has 1 aromatic rings. The third kappa shape index (κ3) is 2.82. The van der Waals surface area contributed by atoms with Crippen LogP contribution in [0.25, 0.3) is 0 Å². The average Bonchev–Trinajstić information content (AvgIpc) is 2.04. The predicted molar refractivity (Wildman–Crippen MR) is 53.2 cm³/mol. The van der Waals surface area contributed by atoms with E-state index in [1.54, 1.807) is 24.3 Å². The van der Waals surface area contributed by atoms with Gasteiger partial charge in [-0.3, -0.25) is 9.59 Å². The smallest absolute Gasteiger partial charge is 0.159 e. The second-order valence-electron chi connectivity index (χ2n) is 2.69. The Labute approximate surface area is 78.6 Å². The van der Waals surface area contributed by atoms with Gasteiger partial charge >= 0.3 is 0 Å². The molecule has 13 heavy (non-hydrogen) atoms. The molecule has 1 rings (SSSR count). The van der Waals surface area contributed by atoms with Crippen LogP contribution in [0.1, 0.15) is 42.0 Å². The van der Waals surface area contributed by atoms with Crippen molar-refractivity contribution in [2.75, 3.05) is 0 Å². The summed E-state index contributed by atoms with van der Waals surface area (Å²) in [6, 6.07) is 6.74. The lowest BCUT2D eigenvalue weighted by Crippen LogP contribution is -1.96. The van der Waals surface area contributed by atoms with Crippen molar-refractivity contribution in [3.05, 3.63) is 35.4 Å². The molecule has 2 nitrogen and oxygen atoms in total. The van der Waals surface area contributed by atoms with Crippen LogP contribution in [0.2, 0.25) is 0 Å². The molecule has 0 fully saturated rings. The van der Waals surface area contributed by atoms with Crippen LogP contribution >= 0.6 is 0 Å². The molecule has 0 aliphatic rings. The van der Waals surface area contributed by atoms with E-state index in [1.165, 1.54) is 13.8 Å². The fourth-order valence-electron chi connectivity index (χ4n) is 0.957. The molecule has 70 valence electrons. The van der Waals surface area contributed by atoms with Gasteiger partial charge in [-0.2, -0.15) is 0 Å². The highest BCUT2D eigenvalue weighted by molar-refractivity contribution is 5.99. The van der Waals surface area contributed by atoms with Crippen LogP contribution in [0.15, 0.2) is 24.3 Å². The van der Waals surface area contributed by atoms with Crippen molar-refractivity contribution in [2.24, 2.45) is 0 Å². The van der Waals surface area contributed by atoms with Crippen molar-refractivity contribution in [3.8, 4) is 0 Å². The summed E-state index contributed by atoms with van der Waals surface area (Å²) in [6.45, 7) is 2.97.